The van der Waals surface area contributed by atoms with Crippen molar-refractivity contribution in [1.82, 2.24) is 9.80 Å². The molecule has 1 fully saturated rings. The highest BCUT2D eigenvalue weighted by Crippen LogP contribution is 2.14. The topological polar surface area (TPSA) is 35.9 Å². The molecule has 0 aromatic heterocycles. The molecule has 4 nitrogen and oxygen atoms in total. The lowest BCUT2D eigenvalue weighted by atomic mass is 10.2. The van der Waals surface area contributed by atoms with Crippen LogP contribution >= 0.6 is 0 Å². The number of aliphatic hydroxyl groups excluding tert-OH is 1. The van der Waals surface area contributed by atoms with Gasteiger partial charge >= 0.3 is 0 Å². The van der Waals surface area contributed by atoms with Crippen molar-refractivity contribution in [2.75, 3.05) is 39.8 Å². The Morgan fingerprint density at radius 2 is 1.68 bits per heavy atom. The minimum atomic E-state index is -0.229. The van der Waals surface area contributed by atoms with E-state index in [-0.39, 0.29) is 6.10 Å². The first-order valence-corrected chi connectivity index (χ1v) is 6.93. The molecule has 0 saturated carbocycles. The van der Waals surface area contributed by atoms with Gasteiger partial charge < -0.3 is 9.84 Å². The summed E-state index contributed by atoms with van der Waals surface area (Å²) in [7, 11) is 1.69. The van der Waals surface area contributed by atoms with Crippen molar-refractivity contribution >= 4 is 0 Å². The van der Waals surface area contributed by atoms with Gasteiger partial charge in [0.1, 0.15) is 5.75 Å². The first-order valence-electron chi connectivity index (χ1n) is 6.93. The summed E-state index contributed by atoms with van der Waals surface area (Å²) < 4.78 is 5.17. The molecule has 1 aromatic rings. The maximum absolute atomic E-state index is 9.39. The van der Waals surface area contributed by atoms with Crippen LogP contribution in [0, 0.1) is 0 Å². The molecule has 1 N–H and O–H groups in total. The number of aliphatic hydroxyl groups is 1. The molecule has 0 amide bonds. The predicted octanol–water partition coefficient (Wildman–Crippen LogP) is 1.19. The van der Waals surface area contributed by atoms with Crippen LogP contribution < -0.4 is 4.74 Å². The Hall–Kier alpha value is -1.10. The minimum absolute atomic E-state index is 0.229. The van der Waals surface area contributed by atoms with E-state index in [1.54, 1.807) is 7.11 Å². The Labute approximate surface area is 115 Å². The first kappa shape index (κ1) is 14.3. The normalized spacial score (nSPS) is 19.3. The minimum Gasteiger partial charge on any atom is -0.497 e. The van der Waals surface area contributed by atoms with Crippen molar-refractivity contribution in [2.45, 2.75) is 19.6 Å². The molecule has 1 saturated heterocycles. The molecule has 0 bridgehead atoms. The van der Waals surface area contributed by atoms with E-state index in [2.05, 4.69) is 21.9 Å². The maximum Gasteiger partial charge on any atom is 0.118 e. The van der Waals surface area contributed by atoms with Crippen LogP contribution in [0.1, 0.15) is 12.5 Å². The summed E-state index contributed by atoms with van der Waals surface area (Å²) >= 11 is 0. The van der Waals surface area contributed by atoms with Crippen LogP contribution in [0.4, 0.5) is 0 Å². The van der Waals surface area contributed by atoms with Crippen LogP contribution in [0.2, 0.25) is 0 Å². The Morgan fingerprint density at radius 3 is 2.21 bits per heavy atom. The van der Waals surface area contributed by atoms with Crippen molar-refractivity contribution in [2.24, 2.45) is 0 Å². The van der Waals surface area contributed by atoms with Crippen molar-refractivity contribution in [3.8, 4) is 5.75 Å². The molecule has 0 radical (unpaired) electrons. The van der Waals surface area contributed by atoms with Crippen LogP contribution in [-0.4, -0.2) is 60.8 Å². The van der Waals surface area contributed by atoms with Crippen molar-refractivity contribution in [3.63, 3.8) is 0 Å². The van der Waals surface area contributed by atoms with Gasteiger partial charge in [-0.3, -0.25) is 9.80 Å². The number of hydrogen-bond acceptors (Lipinski definition) is 4. The van der Waals surface area contributed by atoms with Gasteiger partial charge in [0.2, 0.25) is 0 Å². The van der Waals surface area contributed by atoms with Crippen LogP contribution in [0.3, 0.4) is 0 Å². The first-order chi connectivity index (χ1) is 9.17. The second-order valence-corrected chi connectivity index (χ2v) is 5.27. The van der Waals surface area contributed by atoms with Crippen LogP contribution in [0.5, 0.6) is 5.75 Å². The fourth-order valence-corrected chi connectivity index (χ4v) is 2.49. The maximum atomic E-state index is 9.39. The molecule has 1 heterocycles. The zero-order valence-corrected chi connectivity index (χ0v) is 11.9. The summed E-state index contributed by atoms with van der Waals surface area (Å²) in [6, 6.07) is 8.28. The van der Waals surface area contributed by atoms with E-state index < -0.39 is 0 Å². The van der Waals surface area contributed by atoms with E-state index in [4.69, 9.17) is 4.74 Å². The summed E-state index contributed by atoms with van der Waals surface area (Å²) in [6.07, 6.45) is -0.229. The van der Waals surface area contributed by atoms with E-state index in [0.717, 1.165) is 45.0 Å². The molecule has 0 spiro atoms. The fourth-order valence-electron chi connectivity index (χ4n) is 2.49. The molecular weight excluding hydrogens is 240 g/mol. The lowest BCUT2D eigenvalue weighted by molar-refractivity contribution is 0.0781. The summed E-state index contributed by atoms with van der Waals surface area (Å²) in [5.41, 5.74) is 1.32. The quantitative estimate of drug-likeness (QED) is 0.867. The number of ether oxygens (including phenoxy) is 1. The largest absolute Gasteiger partial charge is 0.497 e. The van der Waals surface area contributed by atoms with E-state index in [1.807, 2.05) is 19.1 Å². The molecule has 106 valence electrons. The summed E-state index contributed by atoms with van der Waals surface area (Å²) in [6.45, 7) is 7.85. The molecule has 1 aliphatic heterocycles. The third kappa shape index (κ3) is 4.49. The number of piperazine rings is 1. The Kier molecular flexibility index (Phi) is 5.19. The average molecular weight is 264 g/mol. The molecule has 1 atom stereocenters. The highest BCUT2D eigenvalue weighted by atomic mass is 16.5. The van der Waals surface area contributed by atoms with Crippen LogP contribution in [-0.2, 0) is 6.54 Å². The number of benzene rings is 1. The van der Waals surface area contributed by atoms with Gasteiger partial charge in [-0.05, 0) is 24.6 Å². The van der Waals surface area contributed by atoms with E-state index >= 15 is 0 Å². The second-order valence-electron chi connectivity index (χ2n) is 5.27. The van der Waals surface area contributed by atoms with E-state index in [9.17, 15) is 5.11 Å². The number of β-amino-alcohol motifs (C(OH)–C–C–N with tert-alkyl or cyclic N) is 1. The predicted molar refractivity (Wildman–Crippen MR) is 76.4 cm³/mol. The van der Waals surface area contributed by atoms with Crippen molar-refractivity contribution < 1.29 is 9.84 Å². The van der Waals surface area contributed by atoms with Gasteiger partial charge in [-0.1, -0.05) is 12.1 Å². The van der Waals surface area contributed by atoms with Gasteiger partial charge in [0.15, 0.2) is 0 Å². The van der Waals surface area contributed by atoms with Gasteiger partial charge in [-0.2, -0.15) is 0 Å². The Balaban J connectivity index is 1.78. The number of methoxy groups -OCH3 is 1. The van der Waals surface area contributed by atoms with E-state index in [0.29, 0.717) is 0 Å². The zero-order chi connectivity index (χ0) is 13.7. The van der Waals surface area contributed by atoms with Crippen LogP contribution in [0.15, 0.2) is 24.3 Å². The molecule has 1 aliphatic rings. The zero-order valence-electron chi connectivity index (χ0n) is 11.9. The third-order valence-electron chi connectivity index (χ3n) is 3.55. The second kappa shape index (κ2) is 6.89. The monoisotopic (exact) mass is 264 g/mol. The molecular formula is C15H24N2O2. The number of nitrogens with zero attached hydrogens (tertiary/aromatic N) is 2. The summed E-state index contributed by atoms with van der Waals surface area (Å²) in [4.78, 5) is 4.79. The summed E-state index contributed by atoms with van der Waals surface area (Å²) in [5, 5.41) is 9.39. The van der Waals surface area contributed by atoms with Gasteiger partial charge in [-0.25, -0.2) is 0 Å². The standard InChI is InChI=1S/C15H24N2O2/c1-13(18)11-16-7-9-17(10-8-16)12-14-3-5-15(19-2)6-4-14/h3-6,13,18H,7-12H2,1-2H3. The molecule has 1 aromatic carbocycles. The highest BCUT2D eigenvalue weighted by molar-refractivity contribution is 5.27. The van der Waals surface area contributed by atoms with Gasteiger partial charge in [0.05, 0.1) is 13.2 Å². The SMILES string of the molecule is COc1ccc(CN2CCN(CC(C)O)CC2)cc1. The third-order valence-corrected chi connectivity index (χ3v) is 3.55. The molecule has 19 heavy (non-hydrogen) atoms. The number of rotatable bonds is 5. The fraction of sp³-hybridized carbons (Fsp3) is 0.600. The lowest BCUT2D eigenvalue weighted by Crippen LogP contribution is -2.47. The molecule has 4 heteroatoms. The van der Waals surface area contributed by atoms with E-state index in [1.165, 1.54) is 5.56 Å². The Morgan fingerprint density at radius 1 is 1.11 bits per heavy atom. The van der Waals surface area contributed by atoms with Crippen molar-refractivity contribution in [3.05, 3.63) is 29.8 Å². The summed E-state index contributed by atoms with van der Waals surface area (Å²) in [5.74, 6) is 0.908. The van der Waals surface area contributed by atoms with Gasteiger partial charge in [0, 0.05) is 39.3 Å². The number of hydrogen-bond donors (Lipinski definition) is 1. The highest BCUT2D eigenvalue weighted by Gasteiger charge is 2.17. The Bertz CT molecular complexity index is 370. The van der Waals surface area contributed by atoms with Gasteiger partial charge in [-0.15, -0.1) is 0 Å². The van der Waals surface area contributed by atoms with Crippen molar-refractivity contribution in [1.29, 1.82) is 0 Å². The average Bonchev–Trinajstić information content (AvgIpc) is 2.41. The lowest BCUT2D eigenvalue weighted by Gasteiger charge is -2.35. The van der Waals surface area contributed by atoms with Crippen LogP contribution in [0.25, 0.3) is 0 Å². The smallest absolute Gasteiger partial charge is 0.118 e. The molecule has 2 rings (SSSR count). The molecule has 1 unspecified atom stereocenters. The molecule has 0 aliphatic carbocycles. The van der Waals surface area contributed by atoms with Gasteiger partial charge in [0.25, 0.3) is 0 Å².